The Bertz CT molecular complexity index is 1930. The van der Waals surface area contributed by atoms with Gasteiger partial charge in [-0.3, -0.25) is 19.2 Å². The van der Waals surface area contributed by atoms with Crippen LogP contribution in [0.25, 0.3) is 21.5 Å². The molecule has 224 valence electrons. The highest BCUT2D eigenvalue weighted by Crippen LogP contribution is 2.69. The molecule has 5 aliphatic rings. The second-order valence-corrected chi connectivity index (χ2v) is 12.6. The minimum Gasteiger partial charge on any atom is -0.463 e. The average molecular weight is 599 g/mol. The van der Waals surface area contributed by atoms with E-state index < -0.39 is 64.6 Å². The van der Waals surface area contributed by atoms with Gasteiger partial charge in [0.2, 0.25) is 23.6 Å². The maximum absolute atomic E-state index is 14.6. The maximum Gasteiger partial charge on any atom is 0.334 e. The molecule has 4 aromatic carbocycles. The Kier molecular flexibility index (Phi) is 5.76. The van der Waals surface area contributed by atoms with E-state index in [1.165, 1.54) is 9.80 Å². The number of hydrogen-bond donors (Lipinski definition) is 0. The minimum atomic E-state index is -1.46. The third-order valence-corrected chi connectivity index (χ3v) is 10.7. The van der Waals surface area contributed by atoms with Gasteiger partial charge in [0, 0.05) is 27.7 Å². The zero-order valence-corrected chi connectivity index (χ0v) is 25.0. The molecule has 2 heterocycles. The van der Waals surface area contributed by atoms with Gasteiger partial charge in [-0.05, 0) is 36.8 Å². The van der Waals surface area contributed by atoms with Gasteiger partial charge in [-0.25, -0.2) is 14.6 Å². The highest BCUT2D eigenvalue weighted by Gasteiger charge is 2.77. The van der Waals surface area contributed by atoms with Crippen molar-refractivity contribution in [1.82, 2.24) is 0 Å². The van der Waals surface area contributed by atoms with Crippen LogP contribution in [0.15, 0.2) is 96.1 Å². The first-order valence-corrected chi connectivity index (χ1v) is 15.3. The summed E-state index contributed by atoms with van der Waals surface area (Å²) in [6.45, 7) is 5.26. The molecule has 0 aromatic heterocycles. The highest BCUT2D eigenvalue weighted by atomic mass is 16.5. The van der Waals surface area contributed by atoms with Crippen molar-refractivity contribution in [1.29, 1.82) is 0 Å². The van der Waals surface area contributed by atoms with Crippen LogP contribution in [0.3, 0.4) is 0 Å². The van der Waals surface area contributed by atoms with E-state index in [1.54, 1.807) is 45.0 Å². The number of fused-ring (bicyclic) bond motifs is 2. The zero-order valence-electron chi connectivity index (χ0n) is 25.0. The fourth-order valence-electron chi connectivity index (χ4n) is 9.09. The fraction of sp³-hybridized carbons (Fsp3) is 0.270. The van der Waals surface area contributed by atoms with Gasteiger partial charge in [0.15, 0.2) is 0 Å². The largest absolute Gasteiger partial charge is 0.463 e. The molecule has 9 rings (SSSR count). The standard InChI is InChI=1S/C37H30N2O6/c1-4-45-36(44)29-19(2)26-27-30(34(42)38(32(27)40)24-17-9-13-20-11-5-7-15-22(20)24)37(29,3)31-28(26)33(41)39(35(31)43)25-18-10-14-21-12-6-8-16-23(21)25/h5-18,26-28,30-31H,4H2,1-3H3/t26?,27-,28+,30+,31-,37?. The van der Waals surface area contributed by atoms with Gasteiger partial charge in [-0.15, -0.1) is 0 Å². The Morgan fingerprint density at radius 2 is 1.11 bits per heavy atom. The number of nitrogens with zero attached hydrogens (tertiary/aromatic N) is 2. The van der Waals surface area contributed by atoms with E-state index in [-0.39, 0.29) is 12.2 Å². The quantitative estimate of drug-likeness (QED) is 0.229. The molecular weight excluding hydrogens is 568 g/mol. The van der Waals surface area contributed by atoms with Gasteiger partial charge in [-0.2, -0.15) is 0 Å². The molecule has 2 unspecified atom stereocenters. The summed E-state index contributed by atoms with van der Waals surface area (Å²) in [7, 11) is 0. The molecule has 1 saturated carbocycles. The summed E-state index contributed by atoms with van der Waals surface area (Å²) in [4.78, 5) is 74.5. The van der Waals surface area contributed by atoms with Crippen molar-refractivity contribution in [3.63, 3.8) is 0 Å². The lowest BCUT2D eigenvalue weighted by Crippen LogP contribution is -2.61. The summed E-state index contributed by atoms with van der Waals surface area (Å²) in [5, 5.41) is 3.22. The van der Waals surface area contributed by atoms with Gasteiger partial charge in [0.25, 0.3) is 0 Å². The molecule has 4 amide bonds. The number of hydrogen-bond acceptors (Lipinski definition) is 6. The number of ether oxygens (including phenoxy) is 1. The van der Waals surface area contributed by atoms with Crippen LogP contribution in [0.2, 0.25) is 0 Å². The predicted molar refractivity (Wildman–Crippen MR) is 168 cm³/mol. The topological polar surface area (TPSA) is 101 Å². The van der Waals surface area contributed by atoms with Gasteiger partial charge in [0.1, 0.15) is 0 Å². The number of benzene rings is 4. The number of imide groups is 2. The molecule has 2 aliphatic heterocycles. The fourth-order valence-corrected chi connectivity index (χ4v) is 9.09. The summed E-state index contributed by atoms with van der Waals surface area (Å²) in [6, 6.07) is 25.9. The highest BCUT2D eigenvalue weighted by molar-refractivity contribution is 6.30. The number of rotatable bonds is 4. The predicted octanol–water partition coefficient (Wildman–Crippen LogP) is 5.43. The first-order valence-electron chi connectivity index (χ1n) is 15.3. The number of anilines is 2. The van der Waals surface area contributed by atoms with E-state index >= 15 is 0 Å². The molecule has 0 spiro atoms. The Morgan fingerprint density at radius 3 is 1.58 bits per heavy atom. The minimum absolute atomic E-state index is 0.0998. The summed E-state index contributed by atoms with van der Waals surface area (Å²) in [5.41, 5.74) is 0.226. The lowest BCUT2D eigenvalue weighted by Gasteiger charge is -2.55. The smallest absolute Gasteiger partial charge is 0.334 e. The van der Waals surface area contributed by atoms with E-state index in [0.29, 0.717) is 16.9 Å². The number of carbonyl (C=O) groups is 5. The number of amides is 4. The number of allylic oxidation sites excluding steroid dienone is 1. The zero-order chi connectivity index (χ0) is 31.4. The number of esters is 1. The van der Waals surface area contributed by atoms with Gasteiger partial charge >= 0.3 is 5.97 Å². The summed E-state index contributed by atoms with van der Waals surface area (Å²) in [6.07, 6.45) is 0. The molecular formula is C37H30N2O6. The van der Waals surface area contributed by atoms with Crippen molar-refractivity contribution in [2.45, 2.75) is 20.8 Å². The lowest BCUT2D eigenvalue weighted by atomic mass is 9.43. The molecule has 3 fully saturated rings. The Hall–Kier alpha value is -5.11. The third kappa shape index (κ3) is 3.34. The molecule has 4 aromatic rings. The van der Waals surface area contributed by atoms with Gasteiger partial charge in [0.05, 0.1) is 41.7 Å². The van der Waals surface area contributed by atoms with Gasteiger partial charge < -0.3 is 4.74 Å². The van der Waals surface area contributed by atoms with Crippen LogP contribution >= 0.6 is 0 Å². The van der Waals surface area contributed by atoms with E-state index in [9.17, 15) is 24.0 Å². The van der Waals surface area contributed by atoms with Crippen molar-refractivity contribution < 1.29 is 28.7 Å². The molecule has 3 aliphatic carbocycles. The Morgan fingerprint density at radius 1 is 0.667 bits per heavy atom. The summed E-state index contributed by atoms with van der Waals surface area (Å²) >= 11 is 0. The molecule has 45 heavy (non-hydrogen) atoms. The second kappa shape index (κ2) is 9.44. The second-order valence-electron chi connectivity index (χ2n) is 12.6. The first-order chi connectivity index (χ1) is 21.7. The van der Waals surface area contributed by atoms with Crippen molar-refractivity contribution in [3.05, 3.63) is 96.1 Å². The van der Waals surface area contributed by atoms with Crippen LogP contribution in [0.1, 0.15) is 20.8 Å². The SMILES string of the molecule is CCOC(=O)C1=C(C)C2[C@H]3C(=O)N(c4cccc5ccccc45)C(=O)[C@H]3C1(C)[C@H]1C(=O)N(c3cccc4ccccc34)C(=O)[C@@H]21. The van der Waals surface area contributed by atoms with Crippen molar-refractivity contribution >= 4 is 62.5 Å². The Labute approximate surface area is 259 Å². The number of carbonyl (C=O) groups excluding carboxylic acids is 5. The third-order valence-electron chi connectivity index (χ3n) is 10.7. The monoisotopic (exact) mass is 598 g/mol. The summed E-state index contributed by atoms with van der Waals surface area (Å²) < 4.78 is 5.51. The molecule has 2 saturated heterocycles. The molecule has 8 nitrogen and oxygen atoms in total. The molecule has 6 atom stereocenters. The van der Waals surface area contributed by atoms with E-state index in [1.807, 2.05) is 60.7 Å². The van der Waals surface area contributed by atoms with Crippen LogP contribution in [-0.4, -0.2) is 36.2 Å². The van der Waals surface area contributed by atoms with Crippen molar-refractivity contribution in [2.75, 3.05) is 16.4 Å². The van der Waals surface area contributed by atoms with Crippen LogP contribution in [0.5, 0.6) is 0 Å². The van der Waals surface area contributed by atoms with Crippen LogP contribution in [0, 0.1) is 35.0 Å². The average Bonchev–Trinajstić information content (AvgIpc) is 3.46. The Balaban J connectivity index is 1.33. The lowest BCUT2D eigenvalue weighted by molar-refractivity contribution is -0.155. The van der Waals surface area contributed by atoms with E-state index in [4.69, 9.17) is 4.74 Å². The van der Waals surface area contributed by atoms with Crippen molar-refractivity contribution in [3.8, 4) is 0 Å². The van der Waals surface area contributed by atoms with E-state index in [0.717, 1.165) is 21.5 Å². The molecule has 0 radical (unpaired) electrons. The van der Waals surface area contributed by atoms with Crippen LogP contribution < -0.4 is 9.80 Å². The van der Waals surface area contributed by atoms with Crippen LogP contribution in [0.4, 0.5) is 11.4 Å². The van der Waals surface area contributed by atoms with Crippen molar-refractivity contribution in [2.24, 2.45) is 35.0 Å². The maximum atomic E-state index is 14.6. The van der Waals surface area contributed by atoms with Gasteiger partial charge in [-0.1, -0.05) is 85.3 Å². The summed E-state index contributed by atoms with van der Waals surface area (Å²) in [5.74, 6) is -7.08. The molecule has 8 heteroatoms. The first kappa shape index (κ1) is 27.4. The van der Waals surface area contributed by atoms with E-state index in [2.05, 4.69) is 0 Å². The molecule has 0 N–H and O–H groups in total. The molecule has 2 bridgehead atoms. The normalized spacial score (nSPS) is 28.8. The van der Waals surface area contributed by atoms with Crippen LogP contribution in [-0.2, 0) is 28.7 Å².